The lowest BCUT2D eigenvalue weighted by atomic mass is 10.1. The van der Waals surface area contributed by atoms with Crippen LogP contribution in [0.4, 0.5) is 4.39 Å². The van der Waals surface area contributed by atoms with Gasteiger partial charge in [-0.2, -0.15) is 0 Å². The van der Waals surface area contributed by atoms with Crippen LogP contribution in [0.5, 0.6) is 0 Å². The summed E-state index contributed by atoms with van der Waals surface area (Å²) in [7, 11) is 0. The van der Waals surface area contributed by atoms with Crippen molar-refractivity contribution in [3.8, 4) is 22.5 Å². The van der Waals surface area contributed by atoms with E-state index in [0.717, 1.165) is 33.2 Å². The van der Waals surface area contributed by atoms with E-state index in [0.29, 0.717) is 13.0 Å². The van der Waals surface area contributed by atoms with Crippen molar-refractivity contribution in [2.24, 2.45) is 5.73 Å². The first kappa shape index (κ1) is 16.0. The lowest BCUT2D eigenvalue weighted by Gasteiger charge is -2.07. The highest BCUT2D eigenvalue weighted by molar-refractivity contribution is 7.15. The number of fused-ring (bicyclic) bond motifs is 1. The molecule has 0 unspecified atom stereocenters. The van der Waals surface area contributed by atoms with Gasteiger partial charge in [-0.15, -0.1) is 11.3 Å². The van der Waals surface area contributed by atoms with E-state index in [-0.39, 0.29) is 5.82 Å². The second-order valence-electron chi connectivity index (χ2n) is 6.06. The van der Waals surface area contributed by atoms with E-state index in [4.69, 9.17) is 10.7 Å². The average Bonchev–Trinajstić information content (AvgIpc) is 3.17. The van der Waals surface area contributed by atoms with Crippen LogP contribution in [-0.2, 0) is 6.42 Å². The number of imidazole rings is 1. The molecule has 2 heterocycles. The van der Waals surface area contributed by atoms with Gasteiger partial charge in [0.05, 0.1) is 17.1 Å². The van der Waals surface area contributed by atoms with Crippen LogP contribution < -0.4 is 5.73 Å². The average molecular weight is 351 g/mol. The van der Waals surface area contributed by atoms with E-state index < -0.39 is 0 Å². The highest BCUT2D eigenvalue weighted by atomic mass is 32.1. The summed E-state index contributed by atoms with van der Waals surface area (Å²) in [5.41, 5.74) is 12.2. The Morgan fingerprint density at radius 3 is 2.40 bits per heavy atom. The summed E-state index contributed by atoms with van der Waals surface area (Å²) in [6.45, 7) is 2.61. The van der Waals surface area contributed by atoms with Crippen LogP contribution >= 0.6 is 11.3 Å². The molecule has 0 aliphatic rings. The van der Waals surface area contributed by atoms with Crippen molar-refractivity contribution in [3.63, 3.8) is 0 Å². The summed E-state index contributed by atoms with van der Waals surface area (Å²) < 4.78 is 15.5. The van der Waals surface area contributed by atoms with E-state index in [1.54, 1.807) is 23.5 Å². The molecular formula is C20H18FN3S. The largest absolute Gasteiger partial charge is 0.330 e. The van der Waals surface area contributed by atoms with Crippen LogP contribution in [0.1, 0.15) is 11.3 Å². The molecule has 4 rings (SSSR count). The Kier molecular flexibility index (Phi) is 4.11. The molecule has 0 aliphatic carbocycles. The monoisotopic (exact) mass is 351 g/mol. The molecule has 0 aliphatic heterocycles. The molecule has 2 aromatic carbocycles. The molecule has 2 aromatic heterocycles. The van der Waals surface area contributed by atoms with Crippen LogP contribution in [-0.4, -0.2) is 15.9 Å². The van der Waals surface area contributed by atoms with Crippen molar-refractivity contribution >= 4 is 16.3 Å². The van der Waals surface area contributed by atoms with Crippen LogP contribution in [0.2, 0.25) is 0 Å². The van der Waals surface area contributed by atoms with Crippen LogP contribution in [0.15, 0.2) is 53.9 Å². The minimum absolute atomic E-state index is 0.245. The molecule has 0 amide bonds. The van der Waals surface area contributed by atoms with E-state index in [1.165, 1.54) is 17.7 Å². The van der Waals surface area contributed by atoms with E-state index >= 15 is 0 Å². The van der Waals surface area contributed by atoms with Crippen LogP contribution in [0, 0.1) is 12.7 Å². The van der Waals surface area contributed by atoms with Gasteiger partial charge in [0.15, 0.2) is 4.96 Å². The Labute approximate surface area is 149 Å². The molecule has 2 N–H and O–H groups in total. The van der Waals surface area contributed by atoms with Gasteiger partial charge in [0, 0.05) is 17.4 Å². The molecule has 126 valence electrons. The Morgan fingerprint density at radius 2 is 1.72 bits per heavy atom. The molecule has 0 saturated carbocycles. The van der Waals surface area contributed by atoms with Crippen molar-refractivity contribution < 1.29 is 4.39 Å². The number of halogens is 1. The van der Waals surface area contributed by atoms with Gasteiger partial charge in [-0.05, 0) is 43.3 Å². The lowest BCUT2D eigenvalue weighted by molar-refractivity contribution is 0.628. The summed E-state index contributed by atoms with van der Waals surface area (Å²) in [6, 6.07) is 15.0. The van der Waals surface area contributed by atoms with Gasteiger partial charge >= 0.3 is 0 Å². The lowest BCUT2D eigenvalue weighted by Crippen LogP contribution is -2.06. The third-order valence-corrected chi connectivity index (χ3v) is 5.13. The summed E-state index contributed by atoms with van der Waals surface area (Å²) in [5.74, 6) is -0.245. The minimum atomic E-state index is -0.245. The van der Waals surface area contributed by atoms with Gasteiger partial charge < -0.3 is 5.73 Å². The number of rotatable bonds is 4. The number of benzene rings is 2. The van der Waals surface area contributed by atoms with Gasteiger partial charge in [0.1, 0.15) is 5.82 Å². The SMILES string of the molecule is Cc1ccc(-c2csc3nc(-c4ccc(F)cc4)c(CCN)n23)cc1. The van der Waals surface area contributed by atoms with Gasteiger partial charge in [0.25, 0.3) is 0 Å². The zero-order valence-electron chi connectivity index (χ0n) is 13.9. The zero-order valence-corrected chi connectivity index (χ0v) is 14.7. The number of aromatic nitrogens is 2. The van der Waals surface area contributed by atoms with E-state index in [1.807, 2.05) is 0 Å². The molecule has 0 spiro atoms. The van der Waals surface area contributed by atoms with Gasteiger partial charge in [-0.1, -0.05) is 29.8 Å². The Hall–Kier alpha value is -2.50. The molecule has 0 fully saturated rings. The maximum absolute atomic E-state index is 13.3. The minimum Gasteiger partial charge on any atom is -0.330 e. The molecule has 5 heteroatoms. The second kappa shape index (κ2) is 6.43. The molecule has 3 nitrogen and oxygen atoms in total. The summed E-state index contributed by atoms with van der Waals surface area (Å²) in [4.78, 5) is 5.73. The van der Waals surface area contributed by atoms with Gasteiger partial charge in [-0.25, -0.2) is 9.37 Å². The fourth-order valence-electron chi connectivity index (χ4n) is 3.05. The third-order valence-electron chi connectivity index (χ3n) is 4.30. The van der Waals surface area contributed by atoms with Gasteiger partial charge in [0.2, 0.25) is 0 Å². The fourth-order valence-corrected chi connectivity index (χ4v) is 3.96. The van der Waals surface area contributed by atoms with Crippen molar-refractivity contribution in [1.29, 1.82) is 0 Å². The van der Waals surface area contributed by atoms with Crippen LogP contribution in [0.3, 0.4) is 0 Å². The molecule has 4 aromatic rings. The smallest absolute Gasteiger partial charge is 0.194 e. The fraction of sp³-hybridized carbons (Fsp3) is 0.150. The molecular weight excluding hydrogens is 333 g/mol. The summed E-state index contributed by atoms with van der Waals surface area (Å²) >= 11 is 1.61. The van der Waals surface area contributed by atoms with Crippen LogP contribution in [0.25, 0.3) is 27.5 Å². The first-order valence-electron chi connectivity index (χ1n) is 8.19. The number of aryl methyl sites for hydroxylation is 1. The first-order chi connectivity index (χ1) is 12.2. The summed E-state index contributed by atoms with van der Waals surface area (Å²) in [5, 5.41) is 2.13. The van der Waals surface area contributed by atoms with E-state index in [9.17, 15) is 4.39 Å². The third kappa shape index (κ3) is 2.86. The molecule has 0 bridgehead atoms. The maximum atomic E-state index is 13.3. The molecule has 0 saturated heterocycles. The molecule has 0 atom stereocenters. The normalized spacial score (nSPS) is 11.3. The quantitative estimate of drug-likeness (QED) is 0.580. The Morgan fingerprint density at radius 1 is 1.04 bits per heavy atom. The number of nitrogens with two attached hydrogens (primary N) is 1. The highest BCUT2D eigenvalue weighted by Gasteiger charge is 2.18. The second-order valence-corrected chi connectivity index (χ2v) is 6.89. The number of hydrogen-bond donors (Lipinski definition) is 1. The standard InChI is InChI=1S/C20H18FN3S/c1-13-2-4-14(5-3-13)18-12-25-20-23-19(17(10-11-22)24(18)20)15-6-8-16(21)9-7-15/h2-9,12H,10-11,22H2,1H3. The van der Waals surface area contributed by atoms with Crippen molar-refractivity contribution in [3.05, 3.63) is 71.0 Å². The summed E-state index contributed by atoms with van der Waals surface area (Å²) in [6.07, 6.45) is 0.712. The Balaban J connectivity index is 1.92. The van der Waals surface area contributed by atoms with Crippen molar-refractivity contribution in [2.75, 3.05) is 6.54 Å². The molecule has 0 radical (unpaired) electrons. The molecule has 25 heavy (non-hydrogen) atoms. The van der Waals surface area contributed by atoms with E-state index in [2.05, 4.69) is 41.0 Å². The van der Waals surface area contributed by atoms with Crippen molar-refractivity contribution in [1.82, 2.24) is 9.38 Å². The van der Waals surface area contributed by atoms with Crippen molar-refractivity contribution in [2.45, 2.75) is 13.3 Å². The maximum Gasteiger partial charge on any atom is 0.194 e. The zero-order chi connectivity index (χ0) is 17.4. The topological polar surface area (TPSA) is 43.3 Å². The number of thiazole rings is 1. The predicted octanol–water partition coefficient (Wildman–Crippen LogP) is 4.68. The number of nitrogens with zero attached hydrogens (tertiary/aromatic N) is 2. The highest BCUT2D eigenvalue weighted by Crippen LogP contribution is 2.33. The Bertz CT molecular complexity index is 1010. The number of hydrogen-bond acceptors (Lipinski definition) is 3. The first-order valence-corrected chi connectivity index (χ1v) is 9.07. The van der Waals surface area contributed by atoms with Gasteiger partial charge in [-0.3, -0.25) is 4.40 Å². The predicted molar refractivity (Wildman–Crippen MR) is 101 cm³/mol.